The van der Waals surface area contributed by atoms with Crippen molar-refractivity contribution >= 4 is 40.9 Å². The van der Waals surface area contributed by atoms with Crippen molar-refractivity contribution in [3.8, 4) is 0 Å². The monoisotopic (exact) mass is 592 g/mol. The van der Waals surface area contributed by atoms with E-state index in [1.807, 2.05) is 60.7 Å². The maximum atomic E-state index is 13.7. The molecule has 0 radical (unpaired) electrons. The van der Waals surface area contributed by atoms with Crippen LogP contribution in [0.5, 0.6) is 0 Å². The van der Waals surface area contributed by atoms with Crippen LogP contribution in [0.25, 0.3) is 0 Å². The van der Waals surface area contributed by atoms with E-state index >= 15 is 0 Å². The smallest absolute Gasteiger partial charge is 0.309 e. The molecule has 1 aliphatic heterocycles. The minimum absolute atomic E-state index is 0.00110. The SMILES string of the molecule is NC(=O)C(=O)NC1(c2ccccc2)CCN(C[C@H]2C[C@]2(C(=O)NCCc2ccccc2)c2ccc(Cl)c(Cl)c2)CC1. The third-order valence-corrected chi connectivity index (χ3v) is 9.32. The van der Waals surface area contributed by atoms with Crippen LogP contribution in [0.2, 0.25) is 10.0 Å². The molecule has 1 saturated carbocycles. The Bertz CT molecular complexity index is 1410. The molecule has 41 heavy (non-hydrogen) atoms. The lowest BCUT2D eigenvalue weighted by molar-refractivity contribution is -0.139. The Morgan fingerprint density at radius 3 is 2.17 bits per heavy atom. The molecule has 0 spiro atoms. The molecule has 0 aromatic heterocycles. The summed E-state index contributed by atoms with van der Waals surface area (Å²) in [7, 11) is 0. The lowest BCUT2D eigenvalue weighted by Gasteiger charge is -2.43. The van der Waals surface area contributed by atoms with E-state index in [2.05, 4.69) is 27.7 Å². The molecule has 2 aliphatic rings. The number of hydrogen-bond donors (Lipinski definition) is 3. The lowest BCUT2D eigenvalue weighted by atomic mass is 9.80. The van der Waals surface area contributed by atoms with Crippen molar-refractivity contribution in [1.29, 1.82) is 0 Å². The van der Waals surface area contributed by atoms with Gasteiger partial charge < -0.3 is 21.3 Å². The van der Waals surface area contributed by atoms with E-state index in [-0.39, 0.29) is 11.8 Å². The Morgan fingerprint density at radius 2 is 1.54 bits per heavy atom. The van der Waals surface area contributed by atoms with Gasteiger partial charge in [0.15, 0.2) is 0 Å². The molecular weight excluding hydrogens is 559 g/mol. The highest BCUT2D eigenvalue weighted by Crippen LogP contribution is 2.56. The standard InChI is InChI=1S/C32H34Cl2N4O3/c33-26-12-11-24(19-27(26)34)32(30(41)36-16-13-22-7-3-1-4-8-22)20-25(32)21-38-17-14-31(15-18-38,37-29(40)28(35)39)23-9-5-2-6-10-23/h1-12,19,25H,13-18,20-21H2,(H2,35,39)(H,36,41)(H,37,40)/t25-,32+/m1/s1. The fourth-order valence-corrected chi connectivity index (χ4v) is 6.46. The van der Waals surface area contributed by atoms with Crippen LogP contribution in [0.3, 0.4) is 0 Å². The molecule has 0 bridgehead atoms. The van der Waals surface area contributed by atoms with Gasteiger partial charge in [0.25, 0.3) is 0 Å². The van der Waals surface area contributed by atoms with Crippen molar-refractivity contribution in [3.05, 3.63) is 106 Å². The van der Waals surface area contributed by atoms with Gasteiger partial charge in [0.1, 0.15) is 0 Å². The Hall–Kier alpha value is -3.39. The normalized spacial score (nSPS) is 21.6. The van der Waals surface area contributed by atoms with E-state index in [0.717, 1.165) is 24.1 Å². The summed E-state index contributed by atoms with van der Waals surface area (Å²) in [5.41, 5.74) is 6.91. The van der Waals surface area contributed by atoms with Crippen LogP contribution >= 0.6 is 23.2 Å². The topological polar surface area (TPSA) is 105 Å². The van der Waals surface area contributed by atoms with E-state index in [4.69, 9.17) is 28.9 Å². The molecule has 2 atom stereocenters. The second-order valence-corrected chi connectivity index (χ2v) is 11.9. The van der Waals surface area contributed by atoms with E-state index in [0.29, 0.717) is 48.9 Å². The molecule has 1 saturated heterocycles. The van der Waals surface area contributed by atoms with Gasteiger partial charge in [-0.3, -0.25) is 14.4 Å². The van der Waals surface area contributed by atoms with E-state index in [1.165, 1.54) is 5.56 Å². The molecule has 3 aromatic rings. The van der Waals surface area contributed by atoms with E-state index in [9.17, 15) is 14.4 Å². The molecule has 1 heterocycles. The van der Waals surface area contributed by atoms with Crippen molar-refractivity contribution in [2.75, 3.05) is 26.2 Å². The lowest BCUT2D eigenvalue weighted by Crippen LogP contribution is -2.55. The minimum atomic E-state index is -0.995. The maximum absolute atomic E-state index is 13.7. The molecule has 7 nitrogen and oxygen atoms in total. The zero-order chi connectivity index (χ0) is 29.0. The van der Waals surface area contributed by atoms with Crippen molar-refractivity contribution in [1.82, 2.24) is 15.5 Å². The number of rotatable bonds is 9. The van der Waals surface area contributed by atoms with E-state index in [1.54, 1.807) is 6.07 Å². The van der Waals surface area contributed by atoms with Gasteiger partial charge in [0, 0.05) is 26.2 Å². The molecule has 1 aliphatic carbocycles. The number of hydrogen-bond acceptors (Lipinski definition) is 4. The van der Waals surface area contributed by atoms with Crippen LogP contribution in [0.15, 0.2) is 78.9 Å². The minimum Gasteiger partial charge on any atom is -0.361 e. The molecule has 3 amide bonds. The van der Waals surface area contributed by atoms with Crippen LogP contribution in [0.4, 0.5) is 0 Å². The largest absolute Gasteiger partial charge is 0.361 e. The third-order valence-electron chi connectivity index (χ3n) is 8.58. The summed E-state index contributed by atoms with van der Waals surface area (Å²) in [6.45, 7) is 2.65. The number of carbonyl (C=O) groups excluding carboxylic acids is 3. The molecule has 5 rings (SSSR count). The number of benzene rings is 3. The Kier molecular flexibility index (Phi) is 8.68. The highest BCUT2D eigenvalue weighted by atomic mass is 35.5. The molecule has 4 N–H and O–H groups in total. The molecule has 9 heteroatoms. The summed E-state index contributed by atoms with van der Waals surface area (Å²) in [6, 6.07) is 25.2. The number of primary amides is 1. The van der Waals surface area contributed by atoms with Crippen LogP contribution in [0, 0.1) is 5.92 Å². The highest BCUT2D eigenvalue weighted by molar-refractivity contribution is 6.42. The first-order valence-electron chi connectivity index (χ1n) is 13.9. The van der Waals surface area contributed by atoms with Crippen molar-refractivity contribution in [2.24, 2.45) is 11.7 Å². The highest BCUT2D eigenvalue weighted by Gasteiger charge is 2.61. The van der Waals surface area contributed by atoms with Crippen LogP contribution in [-0.2, 0) is 31.8 Å². The third kappa shape index (κ3) is 6.27. The fourth-order valence-electron chi connectivity index (χ4n) is 6.16. The van der Waals surface area contributed by atoms with Gasteiger partial charge in [-0.25, -0.2) is 0 Å². The van der Waals surface area contributed by atoms with Crippen molar-refractivity contribution in [3.63, 3.8) is 0 Å². The quantitative estimate of drug-likeness (QED) is 0.324. The second kappa shape index (κ2) is 12.2. The number of piperidine rings is 1. The number of nitrogens with one attached hydrogen (secondary N) is 2. The van der Waals surface area contributed by atoms with Gasteiger partial charge in [-0.15, -0.1) is 0 Å². The summed E-state index contributed by atoms with van der Waals surface area (Å²) in [5, 5.41) is 6.98. The first kappa shape index (κ1) is 29.1. The van der Waals surface area contributed by atoms with Gasteiger partial charge in [-0.05, 0) is 60.4 Å². The zero-order valence-electron chi connectivity index (χ0n) is 22.7. The van der Waals surface area contributed by atoms with Gasteiger partial charge in [-0.2, -0.15) is 0 Å². The molecule has 3 aromatic carbocycles. The Morgan fingerprint density at radius 1 is 0.878 bits per heavy atom. The summed E-state index contributed by atoms with van der Waals surface area (Å²) < 4.78 is 0. The Balaban J connectivity index is 1.29. The molecule has 0 unspecified atom stereocenters. The fraction of sp³-hybridized carbons (Fsp3) is 0.344. The molecular formula is C32H34Cl2N4O3. The summed E-state index contributed by atoms with van der Waals surface area (Å²) in [4.78, 5) is 40.0. The van der Waals surface area contributed by atoms with Crippen molar-refractivity contribution in [2.45, 2.75) is 36.6 Å². The summed E-state index contributed by atoms with van der Waals surface area (Å²) in [6.07, 6.45) is 2.69. The number of likely N-dealkylation sites (tertiary alicyclic amines) is 1. The second-order valence-electron chi connectivity index (χ2n) is 11.1. The zero-order valence-corrected chi connectivity index (χ0v) is 24.3. The average molecular weight is 594 g/mol. The first-order chi connectivity index (χ1) is 19.7. The van der Waals surface area contributed by atoms with Gasteiger partial charge in [0.05, 0.1) is 21.0 Å². The molecule has 214 valence electrons. The predicted octanol–water partition coefficient (Wildman–Crippen LogP) is 4.20. The number of halogens is 2. The number of nitrogens with two attached hydrogens (primary N) is 1. The molecule has 2 fully saturated rings. The number of carbonyl (C=O) groups is 3. The van der Waals surface area contributed by atoms with Gasteiger partial charge in [0.2, 0.25) is 5.91 Å². The summed E-state index contributed by atoms with van der Waals surface area (Å²) >= 11 is 12.6. The number of amides is 3. The maximum Gasteiger partial charge on any atom is 0.309 e. The summed E-state index contributed by atoms with van der Waals surface area (Å²) in [5.74, 6) is -1.68. The van der Waals surface area contributed by atoms with Gasteiger partial charge >= 0.3 is 11.8 Å². The predicted molar refractivity (Wildman–Crippen MR) is 161 cm³/mol. The van der Waals surface area contributed by atoms with Crippen LogP contribution in [-0.4, -0.2) is 48.8 Å². The van der Waals surface area contributed by atoms with Crippen LogP contribution < -0.4 is 16.4 Å². The van der Waals surface area contributed by atoms with Gasteiger partial charge in [-0.1, -0.05) is 89.9 Å². The Labute approximate surface area is 250 Å². The number of nitrogens with zero attached hydrogens (tertiary/aromatic N) is 1. The van der Waals surface area contributed by atoms with Crippen LogP contribution in [0.1, 0.15) is 36.0 Å². The average Bonchev–Trinajstić information content (AvgIpc) is 3.71. The van der Waals surface area contributed by atoms with Crippen molar-refractivity contribution < 1.29 is 14.4 Å². The van der Waals surface area contributed by atoms with E-state index < -0.39 is 22.8 Å². The first-order valence-corrected chi connectivity index (χ1v) is 14.7.